The van der Waals surface area contributed by atoms with E-state index in [4.69, 9.17) is 0 Å². The van der Waals surface area contributed by atoms with E-state index in [9.17, 15) is 0 Å². The van der Waals surface area contributed by atoms with Crippen molar-refractivity contribution in [3.8, 4) is 33.4 Å². The fourth-order valence-corrected chi connectivity index (χ4v) is 9.38. The summed E-state index contributed by atoms with van der Waals surface area (Å²) < 4.78 is 0. The molecule has 242 valence electrons. The number of hydrogen-bond acceptors (Lipinski definition) is 1. The molecular weight excluding hydrogens is 627 g/mol. The summed E-state index contributed by atoms with van der Waals surface area (Å²) in [4.78, 5) is 2.47. The molecule has 0 aromatic heterocycles. The van der Waals surface area contributed by atoms with Gasteiger partial charge in [0.25, 0.3) is 0 Å². The van der Waals surface area contributed by atoms with Gasteiger partial charge in [-0.3, -0.25) is 0 Å². The van der Waals surface area contributed by atoms with Crippen molar-refractivity contribution < 1.29 is 0 Å². The molecule has 11 rings (SSSR count). The maximum atomic E-state index is 2.54. The molecule has 0 amide bonds. The molecular formula is C51H33N. The molecule has 9 aromatic carbocycles. The van der Waals surface area contributed by atoms with Crippen LogP contribution in [0, 0.1) is 0 Å². The molecule has 1 nitrogen and oxygen atoms in total. The van der Waals surface area contributed by atoms with Gasteiger partial charge in [0.15, 0.2) is 0 Å². The number of rotatable bonds is 4. The van der Waals surface area contributed by atoms with Gasteiger partial charge in [-0.25, -0.2) is 0 Å². The average Bonchev–Trinajstić information content (AvgIpc) is 3.69. The van der Waals surface area contributed by atoms with E-state index in [0.717, 1.165) is 11.4 Å². The van der Waals surface area contributed by atoms with E-state index in [1.807, 2.05) is 0 Å². The lowest BCUT2D eigenvalue weighted by atomic mass is 9.70. The molecule has 0 unspecified atom stereocenters. The van der Waals surface area contributed by atoms with Crippen LogP contribution in [0.25, 0.3) is 54.9 Å². The number of para-hydroxylation sites is 1. The third-order valence-corrected chi connectivity index (χ3v) is 11.4. The predicted molar refractivity (Wildman–Crippen MR) is 218 cm³/mol. The minimum Gasteiger partial charge on any atom is -0.310 e. The van der Waals surface area contributed by atoms with Crippen LogP contribution in [-0.2, 0) is 5.41 Å². The molecule has 0 saturated heterocycles. The molecule has 1 heteroatoms. The maximum absolute atomic E-state index is 2.54. The Balaban J connectivity index is 1.30. The molecule has 0 bridgehead atoms. The Morgan fingerprint density at radius 1 is 0.327 bits per heavy atom. The quantitative estimate of drug-likeness (QED) is 0.182. The van der Waals surface area contributed by atoms with Gasteiger partial charge in [0.2, 0.25) is 0 Å². The third-order valence-electron chi connectivity index (χ3n) is 11.4. The van der Waals surface area contributed by atoms with Crippen molar-refractivity contribution in [1.82, 2.24) is 0 Å². The van der Waals surface area contributed by atoms with E-state index >= 15 is 0 Å². The highest BCUT2D eigenvalue weighted by Gasteiger charge is 2.52. The van der Waals surface area contributed by atoms with Crippen molar-refractivity contribution in [2.24, 2.45) is 0 Å². The molecule has 0 radical (unpaired) electrons. The van der Waals surface area contributed by atoms with Crippen LogP contribution in [-0.4, -0.2) is 0 Å². The largest absolute Gasteiger partial charge is 0.310 e. The Hall–Kier alpha value is -6.70. The Morgan fingerprint density at radius 2 is 0.885 bits per heavy atom. The SMILES string of the molecule is c1ccc(-c2cccc(N(c3ccccc3)c3cc4c(c5ccccc35)-c3c(ccc5ccccc35)C43c4ccccc4-c4ccccc43)c2)cc1. The second-order valence-electron chi connectivity index (χ2n) is 14.0. The summed E-state index contributed by atoms with van der Waals surface area (Å²) in [5, 5.41) is 5.06. The zero-order valence-electron chi connectivity index (χ0n) is 28.5. The van der Waals surface area contributed by atoms with E-state index in [0.29, 0.717) is 0 Å². The Kier molecular flexibility index (Phi) is 6.23. The predicted octanol–water partition coefficient (Wildman–Crippen LogP) is 13.5. The third kappa shape index (κ3) is 3.94. The monoisotopic (exact) mass is 659 g/mol. The van der Waals surface area contributed by atoms with Crippen LogP contribution in [0.2, 0.25) is 0 Å². The molecule has 0 heterocycles. The lowest BCUT2D eigenvalue weighted by Gasteiger charge is -2.33. The molecule has 0 saturated carbocycles. The fourth-order valence-electron chi connectivity index (χ4n) is 9.38. The minimum atomic E-state index is -0.477. The number of nitrogens with zero attached hydrogens (tertiary/aromatic N) is 1. The minimum absolute atomic E-state index is 0.477. The first-order chi connectivity index (χ1) is 25.8. The second kappa shape index (κ2) is 11.2. The Labute approximate surface area is 303 Å². The van der Waals surface area contributed by atoms with Gasteiger partial charge in [0, 0.05) is 16.8 Å². The van der Waals surface area contributed by atoms with Crippen LogP contribution < -0.4 is 4.90 Å². The number of fused-ring (bicyclic) bond motifs is 14. The molecule has 2 aliphatic carbocycles. The van der Waals surface area contributed by atoms with Gasteiger partial charge in [-0.05, 0) is 102 Å². The molecule has 0 aliphatic heterocycles. The van der Waals surface area contributed by atoms with Gasteiger partial charge in [-0.2, -0.15) is 0 Å². The summed E-state index contributed by atoms with van der Waals surface area (Å²) in [6.07, 6.45) is 0. The van der Waals surface area contributed by atoms with Gasteiger partial charge < -0.3 is 4.90 Å². The average molecular weight is 660 g/mol. The van der Waals surface area contributed by atoms with Crippen LogP contribution in [0.1, 0.15) is 22.3 Å². The van der Waals surface area contributed by atoms with E-state index < -0.39 is 5.41 Å². The van der Waals surface area contributed by atoms with Crippen molar-refractivity contribution in [3.05, 3.63) is 222 Å². The van der Waals surface area contributed by atoms with Crippen molar-refractivity contribution in [3.63, 3.8) is 0 Å². The first-order valence-corrected chi connectivity index (χ1v) is 18.1. The molecule has 52 heavy (non-hydrogen) atoms. The van der Waals surface area contributed by atoms with Gasteiger partial charge in [-0.15, -0.1) is 0 Å². The number of benzene rings is 9. The summed E-state index contributed by atoms with van der Waals surface area (Å²) in [7, 11) is 0. The van der Waals surface area contributed by atoms with Crippen molar-refractivity contribution in [2.75, 3.05) is 4.90 Å². The molecule has 0 fully saturated rings. The molecule has 1 spiro atoms. The van der Waals surface area contributed by atoms with Crippen molar-refractivity contribution in [1.29, 1.82) is 0 Å². The molecule has 0 atom stereocenters. The van der Waals surface area contributed by atoms with Gasteiger partial charge in [0.1, 0.15) is 0 Å². The highest BCUT2D eigenvalue weighted by atomic mass is 15.1. The highest BCUT2D eigenvalue weighted by Crippen LogP contribution is 2.65. The van der Waals surface area contributed by atoms with E-state index in [1.165, 1.54) is 82.9 Å². The van der Waals surface area contributed by atoms with Crippen LogP contribution >= 0.6 is 0 Å². The Morgan fingerprint density at radius 3 is 1.63 bits per heavy atom. The Bertz CT molecular complexity index is 2800. The maximum Gasteiger partial charge on any atom is 0.0726 e. The fraction of sp³-hybridized carbons (Fsp3) is 0.0196. The van der Waals surface area contributed by atoms with E-state index in [-0.39, 0.29) is 0 Å². The van der Waals surface area contributed by atoms with Gasteiger partial charge in [-0.1, -0.05) is 170 Å². The zero-order valence-corrected chi connectivity index (χ0v) is 28.5. The lowest BCUT2D eigenvalue weighted by Crippen LogP contribution is -2.26. The summed E-state index contributed by atoms with van der Waals surface area (Å²) in [5.74, 6) is 0. The lowest BCUT2D eigenvalue weighted by molar-refractivity contribution is 0.795. The van der Waals surface area contributed by atoms with Crippen LogP contribution in [0.5, 0.6) is 0 Å². The summed E-state index contributed by atoms with van der Waals surface area (Å²) >= 11 is 0. The molecule has 0 N–H and O–H groups in total. The van der Waals surface area contributed by atoms with Crippen molar-refractivity contribution >= 4 is 38.6 Å². The van der Waals surface area contributed by atoms with Crippen molar-refractivity contribution in [2.45, 2.75) is 5.41 Å². The number of anilines is 3. The molecule has 9 aromatic rings. The standard InChI is InChI=1S/C51H33N/c1-3-16-34(17-4-1)36-19-15-22-38(32-36)52(37-20-5-2-6-21-37)48-33-47-50(43-27-10-9-26-42(43)48)49-39-23-8-7-18-35(39)30-31-46(49)51(47)44-28-13-11-24-40(44)41-25-12-14-29-45(41)51/h1-33H. The first kappa shape index (κ1) is 29.1. The van der Waals surface area contributed by atoms with Gasteiger partial charge >= 0.3 is 0 Å². The first-order valence-electron chi connectivity index (χ1n) is 18.1. The second-order valence-corrected chi connectivity index (χ2v) is 14.0. The van der Waals surface area contributed by atoms with Crippen LogP contribution in [0.15, 0.2) is 200 Å². The van der Waals surface area contributed by atoms with E-state index in [2.05, 4.69) is 205 Å². The summed E-state index contributed by atoms with van der Waals surface area (Å²) in [5.41, 5.74) is 16.1. The normalized spacial score (nSPS) is 13.2. The van der Waals surface area contributed by atoms with Crippen LogP contribution in [0.4, 0.5) is 17.1 Å². The topological polar surface area (TPSA) is 3.24 Å². The van der Waals surface area contributed by atoms with E-state index in [1.54, 1.807) is 0 Å². The van der Waals surface area contributed by atoms with Gasteiger partial charge in [0.05, 0.1) is 11.1 Å². The smallest absolute Gasteiger partial charge is 0.0726 e. The summed E-state index contributed by atoms with van der Waals surface area (Å²) in [6, 6.07) is 74.0. The highest BCUT2D eigenvalue weighted by molar-refractivity contribution is 6.16. The number of hydrogen-bond donors (Lipinski definition) is 0. The van der Waals surface area contributed by atoms with Crippen LogP contribution in [0.3, 0.4) is 0 Å². The molecule has 2 aliphatic rings. The summed E-state index contributed by atoms with van der Waals surface area (Å²) in [6.45, 7) is 0. The zero-order chi connectivity index (χ0) is 34.2.